The molecule has 0 N–H and O–H groups in total. The van der Waals surface area contributed by atoms with E-state index in [4.69, 9.17) is 4.98 Å². The first-order chi connectivity index (χ1) is 9.86. The quantitative estimate of drug-likeness (QED) is 0.483. The van der Waals surface area contributed by atoms with Crippen LogP contribution in [0.25, 0.3) is 22.1 Å². The Morgan fingerprint density at radius 3 is 2.20 bits per heavy atom. The summed E-state index contributed by atoms with van der Waals surface area (Å²) in [6, 6.07) is 14.5. The molecule has 1 aromatic heterocycles. The molecule has 2 nitrogen and oxygen atoms in total. The summed E-state index contributed by atoms with van der Waals surface area (Å²) < 4.78 is 0. The van der Waals surface area contributed by atoms with Crippen LogP contribution in [0, 0.1) is 0 Å². The lowest BCUT2D eigenvalue weighted by molar-refractivity contribution is 0.667. The van der Waals surface area contributed by atoms with E-state index in [0.29, 0.717) is 0 Å². The molecular weight excluding hydrogens is 244 g/mol. The zero-order chi connectivity index (χ0) is 13.8. The molecule has 3 rings (SSSR count). The molecule has 0 spiro atoms. The van der Waals surface area contributed by atoms with Crippen molar-refractivity contribution in [2.75, 3.05) is 0 Å². The molecule has 0 radical (unpaired) electrons. The molecular formula is C18H20N2. The fourth-order valence-electron chi connectivity index (χ4n) is 2.58. The summed E-state index contributed by atoms with van der Waals surface area (Å²) in [7, 11) is 0. The Morgan fingerprint density at radius 2 is 1.45 bits per heavy atom. The molecule has 0 bridgehead atoms. The number of hydrogen-bond donors (Lipinski definition) is 0. The molecule has 0 aliphatic rings. The maximum atomic E-state index is 4.72. The van der Waals surface area contributed by atoms with Crippen molar-refractivity contribution in [3.05, 3.63) is 48.0 Å². The van der Waals surface area contributed by atoms with Crippen molar-refractivity contribution in [1.29, 1.82) is 0 Å². The van der Waals surface area contributed by atoms with Gasteiger partial charge in [0.25, 0.3) is 0 Å². The lowest BCUT2D eigenvalue weighted by Crippen LogP contribution is -1.90. The summed E-state index contributed by atoms with van der Waals surface area (Å²) in [6.07, 6.45) is 6.34. The van der Waals surface area contributed by atoms with E-state index in [9.17, 15) is 0 Å². The second-order valence-electron chi connectivity index (χ2n) is 5.35. The van der Waals surface area contributed by atoms with Crippen LogP contribution < -0.4 is 0 Å². The fraction of sp³-hybridized carbons (Fsp3) is 0.333. The number of aryl methyl sites for hydroxylation is 1. The molecule has 3 aromatic rings. The Hall–Kier alpha value is -1.96. The number of fused-ring (bicyclic) bond motifs is 2. The van der Waals surface area contributed by atoms with Gasteiger partial charge >= 0.3 is 0 Å². The van der Waals surface area contributed by atoms with Crippen LogP contribution in [0.4, 0.5) is 0 Å². The third-order valence-electron chi connectivity index (χ3n) is 3.72. The normalized spacial score (nSPS) is 11.2. The van der Waals surface area contributed by atoms with Gasteiger partial charge < -0.3 is 0 Å². The molecule has 2 aromatic carbocycles. The van der Waals surface area contributed by atoms with E-state index >= 15 is 0 Å². The molecule has 1 heterocycles. The predicted octanol–water partition coefficient (Wildman–Crippen LogP) is 4.91. The second-order valence-corrected chi connectivity index (χ2v) is 5.35. The first kappa shape index (κ1) is 13.0. The fourth-order valence-corrected chi connectivity index (χ4v) is 2.58. The molecule has 0 atom stereocenters. The Balaban J connectivity index is 1.88. The van der Waals surface area contributed by atoms with Gasteiger partial charge in [0.15, 0.2) is 0 Å². The summed E-state index contributed by atoms with van der Waals surface area (Å²) in [4.78, 5) is 9.39. The van der Waals surface area contributed by atoms with Crippen LogP contribution >= 0.6 is 0 Å². The molecule has 2 heteroatoms. The number of benzene rings is 2. The molecule has 102 valence electrons. The number of nitrogens with zero attached hydrogens (tertiary/aromatic N) is 2. The van der Waals surface area contributed by atoms with E-state index in [1.54, 1.807) is 0 Å². The van der Waals surface area contributed by atoms with Gasteiger partial charge in [-0.1, -0.05) is 44.4 Å². The molecule has 0 fully saturated rings. The zero-order valence-electron chi connectivity index (χ0n) is 12.0. The average Bonchev–Trinajstić information content (AvgIpc) is 2.49. The third kappa shape index (κ3) is 2.79. The molecule has 0 amide bonds. The van der Waals surface area contributed by atoms with Crippen molar-refractivity contribution < 1.29 is 0 Å². The Bertz CT molecular complexity index is 719. The monoisotopic (exact) mass is 264 g/mol. The Labute approximate surface area is 119 Å². The summed E-state index contributed by atoms with van der Waals surface area (Å²) in [5.41, 5.74) is 5.31. The molecule has 20 heavy (non-hydrogen) atoms. The van der Waals surface area contributed by atoms with Crippen molar-refractivity contribution in [3.8, 4) is 0 Å². The van der Waals surface area contributed by atoms with Crippen molar-refractivity contribution in [2.45, 2.75) is 39.0 Å². The topological polar surface area (TPSA) is 25.8 Å². The largest absolute Gasteiger partial charge is 0.245 e. The SMILES string of the molecule is CCCCCCc1ccc2nc3ccccc3nc2c1. The van der Waals surface area contributed by atoms with Gasteiger partial charge in [0.2, 0.25) is 0 Å². The maximum absolute atomic E-state index is 4.72. The highest BCUT2D eigenvalue weighted by atomic mass is 14.8. The average molecular weight is 264 g/mol. The van der Waals surface area contributed by atoms with Gasteiger partial charge in [-0.3, -0.25) is 0 Å². The van der Waals surface area contributed by atoms with E-state index in [0.717, 1.165) is 28.5 Å². The van der Waals surface area contributed by atoms with Crippen molar-refractivity contribution in [1.82, 2.24) is 9.97 Å². The predicted molar refractivity (Wildman–Crippen MR) is 84.9 cm³/mol. The van der Waals surface area contributed by atoms with Crippen LogP contribution in [0.5, 0.6) is 0 Å². The minimum absolute atomic E-state index is 0.968. The molecule has 0 saturated carbocycles. The van der Waals surface area contributed by atoms with E-state index in [1.807, 2.05) is 24.3 Å². The Morgan fingerprint density at radius 1 is 0.750 bits per heavy atom. The standard InChI is InChI=1S/C18H20N2/c1-2-3-4-5-8-14-11-12-17-18(13-14)20-16-10-7-6-9-15(16)19-17/h6-7,9-13H,2-5,8H2,1H3. The van der Waals surface area contributed by atoms with Crippen LogP contribution in [0.1, 0.15) is 38.2 Å². The minimum atomic E-state index is 0.968. The first-order valence-electron chi connectivity index (χ1n) is 7.52. The van der Waals surface area contributed by atoms with Gasteiger partial charge in [-0.2, -0.15) is 0 Å². The van der Waals surface area contributed by atoms with Gasteiger partial charge in [-0.05, 0) is 42.7 Å². The van der Waals surface area contributed by atoms with E-state index in [2.05, 4.69) is 30.1 Å². The summed E-state index contributed by atoms with van der Waals surface area (Å²) in [5, 5.41) is 0. The number of rotatable bonds is 5. The van der Waals surface area contributed by atoms with Crippen LogP contribution in [0.15, 0.2) is 42.5 Å². The number of aromatic nitrogens is 2. The second kappa shape index (κ2) is 6.00. The van der Waals surface area contributed by atoms with Gasteiger partial charge in [-0.25, -0.2) is 9.97 Å². The summed E-state index contributed by atoms with van der Waals surface area (Å²) >= 11 is 0. The molecule has 0 unspecified atom stereocenters. The summed E-state index contributed by atoms with van der Waals surface area (Å²) in [6.45, 7) is 2.25. The summed E-state index contributed by atoms with van der Waals surface area (Å²) in [5.74, 6) is 0. The third-order valence-corrected chi connectivity index (χ3v) is 3.72. The van der Waals surface area contributed by atoms with Crippen molar-refractivity contribution in [2.24, 2.45) is 0 Å². The van der Waals surface area contributed by atoms with E-state index in [1.165, 1.54) is 31.2 Å². The van der Waals surface area contributed by atoms with Crippen LogP contribution in [0.2, 0.25) is 0 Å². The minimum Gasteiger partial charge on any atom is -0.245 e. The highest BCUT2D eigenvalue weighted by molar-refractivity contribution is 5.86. The number of unbranched alkanes of at least 4 members (excludes halogenated alkanes) is 3. The lowest BCUT2D eigenvalue weighted by Gasteiger charge is -2.04. The molecule has 0 aliphatic carbocycles. The molecule has 0 aliphatic heterocycles. The highest BCUT2D eigenvalue weighted by Crippen LogP contribution is 2.18. The van der Waals surface area contributed by atoms with E-state index in [-0.39, 0.29) is 0 Å². The van der Waals surface area contributed by atoms with Crippen molar-refractivity contribution >= 4 is 22.1 Å². The highest BCUT2D eigenvalue weighted by Gasteiger charge is 2.02. The van der Waals surface area contributed by atoms with Gasteiger partial charge in [0.05, 0.1) is 22.1 Å². The van der Waals surface area contributed by atoms with E-state index < -0.39 is 0 Å². The van der Waals surface area contributed by atoms with Crippen molar-refractivity contribution in [3.63, 3.8) is 0 Å². The first-order valence-corrected chi connectivity index (χ1v) is 7.52. The number of hydrogen-bond acceptors (Lipinski definition) is 2. The Kier molecular flexibility index (Phi) is 3.91. The van der Waals surface area contributed by atoms with Crippen LogP contribution in [-0.4, -0.2) is 9.97 Å². The maximum Gasteiger partial charge on any atom is 0.0897 e. The van der Waals surface area contributed by atoms with Gasteiger partial charge in [-0.15, -0.1) is 0 Å². The van der Waals surface area contributed by atoms with Crippen LogP contribution in [-0.2, 0) is 6.42 Å². The lowest BCUT2D eigenvalue weighted by atomic mass is 10.1. The smallest absolute Gasteiger partial charge is 0.0897 e. The number of para-hydroxylation sites is 2. The zero-order valence-corrected chi connectivity index (χ0v) is 12.0. The van der Waals surface area contributed by atoms with Crippen LogP contribution in [0.3, 0.4) is 0 Å². The molecule has 0 saturated heterocycles. The van der Waals surface area contributed by atoms with Gasteiger partial charge in [0.1, 0.15) is 0 Å². The van der Waals surface area contributed by atoms with Gasteiger partial charge in [0, 0.05) is 0 Å².